The fourth-order valence-corrected chi connectivity index (χ4v) is 2.74. The number of hydrogen-bond donors (Lipinski definition) is 0. The number of carbonyl (C=O) groups is 1. The molecule has 0 aliphatic rings. The Balaban J connectivity index is 2.68. The highest BCUT2D eigenvalue weighted by atomic mass is 79.9. The van der Waals surface area contributed by atoms with Gasteiger partial charge in [0.2, 0.25) is 0 Å². The van der Waals surface area contributed by atoms with E-state index in [0.29, 0.717) is 0 Å². The molecular weight excluding hydrogens is 276 g/mol. The summed E-state index contributed by atoms with van der Waals surface area (Å²) in [5.41, 5.74) is 2.26. The molecule has 1 nitrogen and oxygen atoms in total. The lowest BCUT2D eigenvalue weighted by Gasteiger charge is -2.20. The molecule has 94 valence electrons. The predicted molar refractivity (Wildman–Crippen MR) is 76.7 cm³/mol. The molecule has 0 aliphatic heterocycles. The molecule has 0 heterocycles. The van der Waals surface area contributed by atoms with Crippen LogP contribution >= 0.6 is 15.9 Å². The van der Waals surface area contributed by atoms with Crippen molar-refractivity contribution in [3.63, 3.8) is 0 Å². The zero-order valence-corrected chi connectivity index (χ0v) is 12.7. The summed E-state index contributed by atoms with van der Waals surface area (Å²) in [6.07, 6.45) is 1.82. The van der Waals surface area contributed by atoms with E-state index in [2.05, 4.69) is 47.1 Å². The van der Waals surface area contributed by atoms with Crippen LogP contribution in [0.1, 0.15) is 38.8 Å². The zero-order valence-electron chi connectivity index (χ0n) is 11.1. The minimum Gasteiger partial charge on any atom is -0.298 e. The van der Waals surface area contributed by atoms with E-state index in [4.69, 9.17) is 0 Å². The van der Waals surface area contributed by atoms with Crippen LogP contribution in [0.3, 0.4) is 0 Å². The maximum Gasteiger partial charge on any atom is 0.152 e. The van der Waals surface area contributed by atoms with E-state index in [0.717, 1.165) is 12.8 Å². The first-order valence-electron chi connectivity index (χ1n) is 6.10. The Bertz CT molecular complexity index is 373. The number of ketones is 1. The van der Waals surface area contributed by atoms with Gasteiger partial charge in [0.25, 0.3) is 0 Å². The fraction of sp³-hybridized carbons (Fsp3) is 0.533. The summed E-state index contributed by atoms with van der Waals surface area (Å²) in [5, 5.41) is 0. The molecule has 0 amide bonds. The van der Waals surface area contributed by atoms with E-state index < -0.39 is 0 Å². The van der Waals surface area contributed by atoms with Crippen molar-refractivity contribution in [3.05, 3.63) is 35.4 Å². The van der Waals surface area contributed by atoms with Crippen LogP contribution in [-0.4, -0.2) is 10.6 Å². The summed E-state index contributed by atoms with van der Waals surface area (Å²) in [5.74, 6) is 0.261. The number of rotatable bonds is 4. The maximum absolute atomic E-state index is 12.0. The lowest BCUT2D eigenvalue weighted by molar-refractivity contribution is -0.125. The number of aryl methyl sites for hydroxylation is 1. The third-order valence-corrected chi connectivity index (χ3v) is 3.61. The minimum atomic E-state index is -0.280. The number of halogens is 1. The van der Waals surface area contributed by atoms with Crippen molar-refractivity contribution in [2.24, 2.45) is 5.41 Å². The number of alkyl halides is 1. The van der Waals surface area contributed by atoms with E-state index in [-0.39, 0.29) is 16.0 Å². The van der Waals surface area contributed by atoms with Crippen molar-refractivity contribution in [1.82, 2.24) is 0 Å². The quantitative estimate of drug-likeness (QED) is 0.762. The van der Waals surface area contributed by atoms with Crippen molar-refractivity contribution in [1.29, 1.82) is 0 Å². The number of Topliss-reactive ketones (excluding diaryl/α,β-unsaturated/α-hetero) is 1. The standard InChI is InChI=1S/C15H21BrO/c1-5-11-6-8-12(9-7-11)10-13(16)14(17)15(2,3)4/h6-9,13H,5,10H2,1-4H3. The molecule has 0 saturated carbocycles. The first kappa shape index (κ1) is 14.4. The van der Waals surface area contributed by atoms with Crippen molar-refractivity contribution in [2.45, 2.75) is 45.4 Å². The molecule has 0 N–H and O–H groups in total. The van der Waals surface area contributed by atoms with Gasteiger partial charge < -0.3 is 0 Å². The van der Waals surface area contributed by atoms with Crippen molar-refractivity contribution >= 4 is 21.7 Å². The molecule has 2 heteroatoms. The van der Waals surface area contributed by atoms with Gasteiger partial charge >= 0.3 is 0 Å². The van der Waals surface area contributed by atoms with E-state index in [9.17, 15) is 4.79 Å². The highest BCUT2D eigenvalue weighted by Crippen LogP contribution is 2.23. The Kier molecular flexibility index (Phi) is 4.93. The first-order valence-corrected chi connectivity index (χ1v) is 7.02. The monoisotopic (exact) mass is 296 g/mol. The molecule has 1 aromatic carbocycles. The molecule has 1 rings (SSSR count). The lowest BCUT2D eigenvalue weighted by atomic mass is 9.87. The Labute approximate surface area is 113 Å². The van der Waals surface area contributed by atoms with Crippen LogP contribution in [-0.2, 0) is 17.6 Å². The van der Waals surface area contributed by atoms with E-state index >= 15 is 0 Å². The van der Waals surface area contributed by atoms with E-state index in [1.54, 1.807) is 0 Å². The molecule has 0 aliphatic carbocycles. The van der Waals surface area contributed by atoms with Gasteiger partial charge in [0.05, 0.1) is 4.83 Å². The second-order valence-corrected chi connectivity index (χ2v) is 6.56. The van der Waals surface area contributed by atoms with Crippen LogP contribution < -0.4 is 0 Å². The van der Waals surface area contributed by atoms with Gasteiger partial charge in [0, 0.05) is 5.41 Å². The van der Waals surface area contributed by atoms with Gasteiger partial charge in [-0.05, 0) is 24.0 Å². The third-order valence-electron chi connectivity index (χ3n) is 2.87. The average Bonchev–Trinajstić information content (AvgIpc) is 2.27. The van der Waals surface area contributed by atoms with Gasteiger partial charge in [-0.15, -0.1) is 0 Å². The van der Waals surface area contributed by atoms with Gasteiger partial charge in [-0.25, -0.2) is 0 Å². The van der Waals surface area contributed by atoms with E-state index in [1.165, 1.54) is 11.1 Å². The van der Waals surface area contributed by atoms with Gasteiger partial charge in [-0.1, -0.05) is 67.9 Å². The Morgan fingerprint density at radius 1 is 1.18 bits per heavy atom. The summed E-state index contributed by atoms with van der Waals surface area (Å²) in [6.45, 7) is 8.03. The molecule has 0 bridgehead atoms. The predicted octanol–water partition coefficient (Wildman–Crippen LogP) is 4.17. The Hall–Kier alpha value is -0.630. The summed E-state index contributed by atoms with van der Waals surface area (Å²) >= 11 is 3.50. The minimum absolute atomic E-state index is 0.0880. The van der Waals surface area contributed by atoms with Crippen LogP contribution in [0.5, 0.6) is 0 Å². The molecule has 0 spiro atoms. The molecule has 1 unspecified atom stereocenters. The molecule has 1 atom stereocenters. The normalized spacial score (nSPS) is 13.5. The van der Waals surface area contributed by atoms with Crippen molar-refractivity contribution < 1.29 is 4.79 Å². The molecule has 17 heavy (non-hydrogen) atoms. The highest BCUT2D eigenvalue weighted by Gasteiger charge is 2.27. The van der Waals surface area contributed by atoms with Crippen molar-refractivity contribution in [3.8, 4) is 0 Å². The summed E-state index contributed by atoms with van der Waals surface area (Å²) in [6, 6.07) is 8.50. The first-order chi connectivity index (χ1) is 7.84. The zero-order chi connectivity index (χ0) is 13.1. The van der Waals surface area contributed by atoms with Crippen LogP contribution in [0.4, 0.5) is 0 Å². The molecule has 0 aromatic heterocycles. The van der Waals surface area contributed by atoms with Crippen LogP contribution in [0, 0.1) is 5.41 Å². The summed E-state index contributed by atoms with van der Waals surface area (Å²) in [4.78, 5) is 12.0. The van der Waals surface area contributed by atoms with Crippen LogP contribution in [0.25, 0.3) is 0 Å². The van der Waals surface area contributed by atoms with Crippen LogP contribution in [0.2, 0.25) is 0 Å². The second kappa shape index (κ2) is 5.81. The molecule has 1 aromatic rings. The van der Waals surface area contributed by atoms with Gasteiger partial charge in [-0.3, -0.25) is 4.79 Å². The summed E-state index contributed by atoms with van der Waals surface area (Å²) in [7, 11) is 0. The van der Waals surface area contributed by atoms with Crippen LogP contribution in [0.15, 0.2) is 24.3 Å². The lowest BCUT2D eigenvalue weighted by Crippen LogP contribution is -2.29. The number of hydrogen-bond acceptors (Lipinski definition) is 1. The fourth-order valence-electron chi connectivity index (χ4n) is 1.68. The molecule has 0 radical (unpaired) electrons. The van der Waals surface area contributed by atoms with Gasteiger partial charge in [0.15, 0.2) is 5.78 Å². The molecular formula is C15H21BrO. The Morgan fingerprint density at radius 3 is 2.06 bits per heavy atom. The maximum atomic E-state index is 12.0. The number of carbonyl (C=O) groups excluding carboxylic acids is 1. The average molecular weight is 297 g/mol. The topological polar surface area (TPSA) is 17.1 Å². The molecule has 0 fully saturated rings. The Morgan fingerprint density at radius 2 is 1.65 bits per heavy atom. The smallest absolute Gasteiger partial charge is 0.152 e. The highest BCUT2D eigenvalue weighted by molar-refractivity contribution is 9.10. The van der Waals surface area contributed by atoms with Gasteiger partial charge in [-0.2, -0.15) is 0 Å². The SMILES string of the molecule is CCc1ccc(CC(Br)C(=O)C(C)(C)C)cc1. The molecule has 0 saturated heterocycles. The summed E-state index contributed by atoms with van der Waals surface area (Å²) < 4.78 is 0. The number of benzene rings is 1. The van der Waals surface area contributed by atoms with E-state index in [1.807, 2.05) is 20.8 Å². The second-order valence-electron chi connectivity index (χ2n) is 5.46. The largest absolute Gasteiger partial charge is 0.298 e. The van der Waals surface area contributed by atoms with Crippen molar-refractivity contribution in [2.75, 3.05) is 0 Å². The van der Waals surface area contributed by atoms with Gasteiger partial charge in [0.1, 0.15) is 0 Å². The third kappa shape index (κ3) is 4.27.